The van der Waals surface area contributed by atoms with Crippen LogP contribution in [0.1, 0.15) is 15.9 Å². The summed E-state index contributed by atoms with van der Waals surface area (Å²) in [7, 11) is 0.0519. The van der Waals surface area contributed by atoms with Crippen molar-refractivity contribution < 1.29 is 32.6 Å². The number of nitrogens with zero attached hydrogens (tertiary/aromatic N) is 2. The minimum Gasteiger partial charge on any atom is -0.497 e. The SMILES string of the molecule is COC(=O)c1ccc(CN(C(=O)N2CCS(O)(O)CC2)c2cccc(OC)c2)c(F)c1. The predicted molar refractivity (Wildman–Crippen MR) is 116 cm³/mol. The molecule has 0 unspecified atom stereocenters. The molecule has 1 fully saturated rings. The number of halogens is 1. The molecule has 2 N–H and O–H groups in total. The highest BCUT2D eigenvalue weighted by molar-refractivity contribution is 8.24. The molecule has 0 aliphatic carbocycles. The van der Waals surface area contributed by atoms with Gasteiger partial charge in [0.25, 0.3) is 0 Å². The van der Waals surface area contributed by atoms with Crippen LogP contribution in [0.15, 0.2) is 42.5 Å². The van der Waals surface area contributed by atoms with E-state index in [4.69, 9.17) is 4.74 Å². The minimum atomic E-state index is -2.67. The minimum absolute atomic E-state index is 0.0734. The van der Waals surface area contributed by atoms with Crippen LogP contribution in [0.5, 0.6) is 5.75 Å². The number of rotatable bonds is 5. The zero-order valence-corrected chi connectivity index (χ0v) is 18.1. The van der Waals surface area contributed by atoms with Crippen molar-refractivity contribution in [2.45, 2.75) is 6.54 Å². The van der Waals surface area contributed by atoms with Gasteiger partial charge in [-0.05, 0) is 24.3 Å². The van der Waals surface area contributed by atoms with Crippen molar-refractivity contribution in [1.29, 1.82) is 0 Å². The predicted octanol–water partition coefficient (Wildman–Crippen LogP) is 3.81. The zero-order valence-electron chi connectivity index (χ0n) is 17.3. The number of esters is 1. The van der Waals surface area contributed by atoms with Gasteiger partial charge < -0.3 is 14.4 Å². The highest BCUT2D eigenvalue weighted by Crippen LogP contribution is 2.40. The smallest absolute Gasteiger partial charge is 0.337 e. The highest BCUT2D eigenvalue weighted by atomic mass is 32.3. The van der Waals surface area contributed by atoms with Gasteiger partial charge in [-0.1, -0.05) is 12.1 Å². The average molecular weight is 453 g/mol. The molecule has 1 saturated heterocycles. The lowest BCUT2D eigenvalue weighted by molar-refractivity contribution is 0.0600. The number of hydrogen-bond acceptors (Lipinski definition) is 6. The maximum absolute atomic E-state index is 14.7. The topological polar surface area (TPSA) is 99.5 Å². The van der Waals surface area contributed by atoms with Crippen molar-refractivity contribution in [1.82, 2.24) is 4.90 Å². The van der Waals surface area contributed by atoms with Crippen LogP contribution >= 0.6 is 10.6 Å². The van der Waals surface area contributed by atoms with E-state index in [1.54, 1.807) is 24.3 Å². The van der Waals surface area contributed by atoms with E-state index in [-0.39, 0.29) is 48.3 Å². The first-order chi connectivity index (χ1) is 14.7. The molecule has 0 spiro atoms. The Balaban J connectivity index is 1.91. The van der Waals surface area contributed by atoms with Crippen LogP contribution in [0.2, 0.25) is 0 Å². The van der Waals surface area contributed by atoms with E-state index in [9.17, 15) is 23.1 Å². The van der Waals surface area contributed by atoms with Crippen LogP contribution in [-0.2, 0) is 11.3 Å². The fourth-order valence-corrected chi connectivity index (χ4v) is 4.46. The third-order valence-corrected chi connectivity index (χ3v) is 6.72. The Labute approximate surface area is 181 Å². The molecule has 31 heavy (non-hydrogen) atoms. The summed E-state index contributed by atoms with van der Waals surface area (Å²) in [6.45, 7) is 0.281. The summed E-state index contributed by atoms with van der Waals surface area (Å²) in [5, 5.41) is 0. The molecule has 10 heteroatoms. The molecule has 2 amide bonds. The van der Waals surface area contributed by atoms with Gasteiger partial charge >= 0.3 is 12.0 Å². The van der Waals surface area contributed by atoms with Gasteiger partial charge in [-0.2, -0.15) is 10.6 Å². The van der Waals surface area contributed by atoms with E-state index in [0.717, 1.165) is 6.07 Å². The van der Waals surface area contributed by atoms with Crippen molar-refractivity contribution in [3.8, 4) is 5.75 Å². The summed E-state index contributed by atoms with van der Waals surface area (Å²) in [5.74, 6) is -0.556. The van der Waals surface area contributed by atoms with E-state index in [1.165, 1.54) is 36.2 Å². The van der Waals surface area contributed by atoms with E-state index < -0.39 is 22.4 Å². The van der Waals surface area contributed by atoms with Crippen molar-refractivity contribution in [3.05, 3.63) is 59.4 Å². The summed E-state index contributed by atoms with van der Waals surface area (Å²) in [6, 6.07) is 10.4. The number of methoxy groups -OCH3 is 2. The average Bonchev–Trinajstić information content (AvgIpc) is 2.77. The van der Waals surface area contributed by atoms with Crippen LogP contribution in [0.4, 0.5) is 14.9 Å². The Bertz CT molecular complexity index is 961. The fraction of sp³-hybridized carbons (Fsp3) is 0.333. The molecular weight excluding hydrogens is 427 g/mol. The van der Waals surface area contributed by atoms with Crippen molar-refractivity contribution in [2.75, 3.05) is 43.7 Å². The largest absolute Gasteiger partial charge is 0.497 e. The number of ether oxygens (including phenoxy) is 2. The summed E-state index contributed by atoms with van der Waals surface area (Å²) >= 11 is 0. The number of hydrogen-bond donors (Lipinski definition) is 2. The van der Waals surface area contributed by atoms with Crippen LogP contribution in [-0.4, -0.2) is 64.8 Å². The van der Waals surface area contributed by atoms with Gasteiger partial charge in [-0.3, -0.25) is 14.0 Å². The highest BCUT2D eigenvalue weighted by Gasteiger charge is 2.30. The lowest BCUT2D eigenvalue weighted by Gasteiger charge is -2.42. The first kappa shape index (κ1) is 22.9. The van der Waals surface area contributed by atoms with Gasteiger partial charge in [0.15, 0.2) is 0 Å². The Hall–Kier alpha value is -2.82. The monoisotopic (exact) mass is 452 g/mol. The molecule has 1 heterocycles. The van der Waals surface area contributed by atoms with Crippen molar-refractivity contribution in [3.63, 3.8) is 0 Å². The summed E-state index contributed by atoms with van der Waals surface area (Å²) in [5.41, 5.74) is 0.785. The third kappa shape index (κ3) is 5.46. The van der Waals surface area contributed by atoms with E-state index in [1.807, 2.05) is 0 Å². The second-order valence-electron chi connectivity index (χ2n) is 7.07. The van der Waals surface area contributed by atoms with Gasteiger partial charge in [-0.15, -0.1) is 0 Å². The molecule has 0 saturated carbocycles. The molecule has 2 aromatic carbocycles. The van der Waals surface area contributed by atoms with Crippen LogP contribution in [0, 0.1) is 5.82 Å². The Morgan fingerprint density at radius 1 is 1.13 bits per heavy atom. The van der Waals surface area contributed by atoms with Gasteiger partial charge in [0.2, 0.25) is 0 Å². The molecule has 0 aromatic heterocycles. The number of benzene rings is 2. The molecule has 0 bridgehead atoms. The second-order valence-corrected chi connectivity index (χ2v) is 9.49. The molecule has 168 valence electrons. The molecule has 8 nitrogen and oxygen atoms in total. The van der Waals surface area contributed by atoms with Gasteiger partial charge in [-0.25, -0.2) is 14.0 Å². The quantitative estimate of drug-likeness (QED) is 0.670. The molecule has 3 rings (SSSR count). The van der Waals surface area contributed by atoms with E-state index in [0.29, 0.717) is 11.4 Å². The summed E-state index contributed by atoms with van der Waals surface area (Å²) < 4.78 is 44.3. The Morgan fingerprint density at radius 2 is 1.84 bits per heavy atom. The normalized spacial score (nSPS) is 16.4. The first-order valence-electron chi connectivity index (χ1n) is 9.55. The number of urea groups is 1. The fourth-order valence-electron chi connectivity index (χ4n) is 3.23. The first-order valence-corrected chi connectivity index (χ1v) is 11.4. The standard InChI is InChI=1S/C21H25FN2O6S/c1-29-18-5-3-4-17(13-18)24(21(26)23-8-10-31(27,28)11-9-23)14-16-7-6-15(12-19(16)22)20(25)30-2/h3-7,12-13,27-28H,8-11,14H2,1-2H3. The molecule has 0 radical (unpaired) electrons. The number of anilines is 1. The number of amides is 2. The van der Waals surface area contributed by atoms with Gasteiger partial charge in [0, 0.05) is 30.4 Å². The Kier molecular flexibility index (Phi) is 7.04. The van der Waals surface area contributed by atoms with Crippen LogP contribution in [0.25, 0.3) is 0 Å². The van der Waals surface area contributed by atoms with Crippen molar-refractivity contribution in [2.24, 2.45) is 0 Å². The number of carbonyl (C=O) groups is 2. The summed E-state index contributed by atoms with van der Waals surface area (Å²) in [4.78, 5) is 27.9. The van der Waals surface area contributed by atoms with E-state index in [2.05, 4.69) is 4.74 Å². The van der Waals surface area contributed by atoms with Gasteiger partial charge in [0.05, 0.1) is 37.8 Å². The van der Waals surface area contributed by atoms with Crippen molar-refractivity contribution >= 4 is 28.3 Å². The molecular formula is C21H25FN2O6S. The molecule has 0 atom stereocenters. The molecule has 1 aliphatic heterocycles. The lowest BCUT2D eigenvalue weighted by Crippen LogP contribution is -2.48. The van der Waals surface area contributed by atoms with Gasteiger partial charge in [0.1, 0.15) is 11.6 Å². The summed E-state index contributed by atoms with van der Waals surface area (Å²) in [6.07, 6.45) is 0. The van der Waals surface area contributed by atoms with Crippen LogP contribution < -0.4 is 9.64 Å². The maximum atomic E-state index is 14.7. The third-order valence-electron chi connectivity index (χ3n) is 5.05. The molecule has 1 aliphatic rings. The second kappa shape index (κ2) is 9.54. The number of carbonyl (C=O) groups excluding carboxylic acids is 2. The van der Waals surface area contributed by atoms with Crippen LogP contribution in [0.3, 0.4) is 0 Å². The zero-order chi connectivity index (χ0) is 22.6. The Morgan fingerprint density at radius 3 is 2.45 bits per heavy atom. The molecule has 2 aromatic rings. The maximum Gasteiger partial charge on any atom is 0.337 e. The lowest BCUT2D eigenvalue weighted by atomic mass is 10.1. The van der Waals surface area contributed by atoms with E-state index >= 15 is 0 Å².